The summed E-state index contributed by atoms with van der Waals surface area (Å²) in [7, 11) is 0. The zero-order chi connectivity index (χ0) is 16.1. The van der Waals surface area contributed by atoms with E-state index < -0.39 is 22.3 Å². The number of rotatable bonds is 4. The smallest absolute Gasteiger partial charge is 0.306 e. The van der Waals surface area contributed by atoms with Gasteiger partial charge >= 0.3 is 5.69 Å². The summed E-state index contributed by atoms with van der Waals surface area (Å²) >= 11 is 0. The molecule has 0 radical (unpaired) electrons. The van der Waals surface area contributed by atoms with Crippen LogP contribution in [0.15, 0.2) is 54.1 Å². The van der Waals surface area contributed by atoms with Crippen LogP contribution in [-0.2, 0) is 4.79 Å². The number of nitrogens with one attached hydrogen (secondary N) is 1. The number of anilines is 1. The summed E-state index contributed by atoms with van der Waals surface area (Å²) in [5, 5.41) is 13.2. The van der Waals surface area contributed by atoms with Crippen LogP contribution in [0.5, 0.6) is 0 Å². The van der Waals surface area contributed by atoms with Gasteiger partial charge in [0, 0.05) is 17.3 Å². The summed E-state index contributed by atoms with van der Waals surface area (Å²) in [5.74, 6) is -1.36. The third-order valence-corrected chi connectivity index (χ3v) is 2.94. The average Bonchev–Trinajstić information content (AvgIpc) is 2.49. The van der Waals surface area contributed by atoms with Crippen molar-refractivity contribution in [3.63, 3.8) is 0 Å². The second kappa shape index (κ2) is 6.62. The molecule has 112 valence electrons. The van der Waals surface area contributed by atoms with Gasteiger partial charge in [-0.05, 0) is 30.7 Å². The normalized spacial score (nSPS) is 11.1. The van der Waals surface area contributed by atoms with Gasteiger partial charge in [0.1, 0.15) is 0 Å². The third-order valence-electron chi connectivity index (χ3n) is 2.94. The van der Waals surface area contributed by atoms with Crippen LogP contribution in [0.2, 0.25) is 0 Å². The first-order valence-corrected chi connectivity index (χ1v) is 6.46. The molecule has 0 aliphatic rings. The summed E-state index contributed by atoms with van der Waals surface area (Å²) < 4.78 is 13.2. The molecule has 0 aliphatic carbocycles. The molecule has 0 heterocycles. The Morgan fingerprint density at radius 3 is 2.55 bits per heavy atom. The van der Waals surface area contributed by atoms with Crippen molar-refractivity contribution in [2.45, 2.75) is 6.92 Å². The zero-order valence-corrected chi connectivity index (χ0v) is 11.7. The predicted molar refractivity (Wildman–Crippen MR) is 81.8 cm³/mol. The molecule has 6 heteroatoms. The molecule has 0 saturated heterocycles. The van der Waals surface area contributed by atoms with Gasteiger partial charge in [0.2, 0.25) is 5.82 Å². The third kappa shape index (κ3) is 3.76. The molecule has 22 heavy (non-hydrogen) atoms. The fraction of sp³-hybridized carbons (Fsp3) is 0.0625. The number of halogens is 1. The van der Waals surface area contributed by atoms with E-state index in [-0.39, 0.29) is 5.69 Å². The highest BCUT2D eigenvalue weighted by Crippen LogP contribution is 2.22. The molecule has 2 aromatic carbocycles. The maximum absolute atomic E-state index is 13.2. The molecule has 1 N–H and O–H groups in total. The first kappa shape index (κ1) is 15.4. The standard InChI is InChI=1S/C16H13FN2O3/c1-11(9-12-5-3-2-4-6-12)16(20)18-13-7-8-14(17)15(10-13)19(21)22/h2-10H,1H3,(H,18,20)/b11-9-. The molecule has 0 unspecified atom stereocenters. The fourth-order valence-corrected chi connectivity index (χ4v) is 1.82. The SMILES string of the molecule is C/C(=C/c1ccccc1)C(=O)Nc1ccc(F)c([N+](=O)[O-])c1. The van der Waals surface area contributed by atoms with Gasteiger partial charge in [0.15, 0.2) is 0 Å². The highest BCUT2D eigenvalue weighted by Gasteiger charge is 2.15. The Hall–Kier alpha value is -3.02. The van der Waals surface area contributed by atoms with Gasteiger partial charge in [0.25, 0.3) is 5.91 Å². The maximum atomic E-state index is 13.2. The predicted octanol–water partition coefficient (Wildman–Crippen LogP) is 3.78. The number of carbonyl (C=O) groups is 1. The summed E-state index contributed by atoms with van der Waals surface area (Å²) in [6, 6.07) is 12.5. The van der Waals surface area contributed by atoms with E-state index in [1.165, 1.54) is 6.07 Å². The maximum Gasteiger partial charge on any atom is 0.306 e. The van der Waals surface area contributed by atoms with Crippen LogP contribution in [0, 0.1) is 15.9 Å². The van der Waals surface area contributed by atoms with Crippen LogP contribution in [-0.4, -0.2) is 10.8 Å². The topological polar surface area (TPSA) is 72.2 Å². The summed E-state index contributed by atoms with van der Waals surface area (Å²) in [6.45, 7) is 1.63. The van der Waals surface area contributed by atoms with Gasteiger partial charge in [-0.1, -0.05) is 30.3 Å². The number of hydrogen-bond acceptors (Lipinski definition) is 3. The van der Waals surface area contributed by atoms with Crippen molar-refractivity contribution in [3.8, 4) is 0 Å². The molecule has 0 saturated carbocycles. The number of amides is 1. The minimum atomic E-state index is -0.945. The molecule has 0 atom stereocenters. The lowest BCUT2D eigenvalue weighted by Crippen LogP contribution is -2.12. The van der Waals surface area contributed by atoms with E-state index in [1.54, 1.807) is 13.0 Å². The number of nitrogens with zero attached hydrogens (tertiary/aromatic N) is 1. The van der Waals surface area contributed by atoms with E-state index in [1.807, 2.05) is 30.3 Å². The van der Waals surface area contributed by atoms with Crippen LogP contribution in [0.25, 0.3) is 6.08 Å². The average molecular weight is 300 g/mol. The Bertz CT molecular complexity index is 742. The molecule has 2 aromatic rings. The number of benzene rings is 2. The van der Waals surface area contributed by atoms with Crippen LogP contribution >= 0.6 is 0 Å². The second-order valence-corrected chi connectivity index (χ2v) is 4.62. The van der Waals surface area contributed by atoms with Crippen molar-refractivity contribution in [1.29, 1.82) is 0 Å². The Morgan fingerprint density at radius 2 is 1.91 bits per heavy atom. The Kier molecular flexibility index (Phi) is 4.63. The second-order valence-electron chi connectivity index (χ2n) is 4.62. The van der Waals surface area contributed by atoms with Crippen molar-refractivity contribution < 1.29 is 14.1 Å². The van der Waals surface area contributed by atoms with Crippen molar-refractivity contribution in [2.24, 2.45) is 0 Å². The fourth-order valence-electron chi connectivity index (χ4n) is 1.82. The molecular weight excluding hydrogens is 287 g/mol. The summed E-state index contributed by atoms with van der Waals surface area (Å²) in [4.78, 5) is 21.9. The first-order chi connectivity index (χ1) is 10.5. The van der Waals surface area contributed by atoms with Gasteiger partial charge < -0.3 is 5.32 Å². The van der Waals surface area contributed by atoms with E-state index in [0.717, 1.165) is 17.7 Å². The molecule has 0 aliphatic heterocycles. The Labute approximate surface area is 126 Å². The van der Waals surface area contributed by atoms with Crippen molar-refractivity contribution in [2.75, 3.05) is 5.32 Å². The monoisotopic (exact) mass is 300 g/mol. The molecular formula is C16H13FN2O3. The van der Waals surface area contributed by atoms with Gasteiger partial charge in [0.05, 0.1) is 4.92 Å². The molecule has 1 amide bonds. The summed E-state index contributed by atoms with van der Waals surface area (Å²) in [6.07, 6.45) is 1.69. The van der Waals surface area contributed by atoms with Gasteiger partial charge in [-0.2, -0.15) is 4.39 Å². The number of nitro groups is 1. The molecule has 0 bridgehead atoms. The van der Waals surface area contributed by atoms with Crippen molar-refractivity contribution in [1.82, 2.24) is 0 Å². The van der Waals surface area contributed by atoms with E-state index in [2.05, 4.69) is 5.32 Å². The minimum Gasteiger partial charge on any atom is -0.322 e. The Balaban J connectivity index is 2.17. The molecule has 2 rings (SSSR count). The quantitative estimate of drug-likeness (QED) is 0.530. The minimum absolute atomic E-state index is 0.166. The van der Waals surface area contributed by atoms with Crippen LogP contribution in [0.3, 0.4) is 0 Å². The van der Waals surface area contributed by atoms with Gasteiger partial charge in [-0.15, -0.1) is 0 Å². The van der Waals surface area contributed by atoms with Crippen molar-refractivity contribution in [3.05, 3.63) is 75.6 Å². The van der Waals surface area contributed by atoms with E-state index in [4.69, 9.17) is 0 Å². The highest BCUT2D eigenvalue weighted by atomic mass is 19.1. The van der Waals surface area contributed by atoms with Gasteiger partial charge in [-0.25, -0.2) is 0 Å². The number of nitro benzene ring substituents is 1. The van der Waals surface area contributed by atoms with Gasteiger partial charge in [-0.3, -0.25) is 14.9 Å². The van der Waals surface area contributed by atoms with E-state index in [0.29, 0.717) is 5.57 Å². The molecule has 0 fully saturated rings. The summed E-state index contributed by atoms with van der Waals surface area (Å²) in [5.41, 5.74) is 0.778. The molecule has 0 aromatic heterocycles. The number of hydrogen-bond donors (Lipinski definition) is 1. The molecule has 0 spiro atoms. The van der Waals surface area contributed by atoms with E-state index >= 15 is 0 Å². The lowest BCUT2D eigenvalue weighted by atomic mass is 10.1. The van der Waals surface area contributed by atoms with Crippen LogP contribution in [0.1, 0.15) is 12.5 Å². The molecule has 5 nitrogen and oxygen atoms in total. The van der Waals surface area contributed by atoms with Crippen LogP contribution in [0.4, 0.5) is 15.8 Å². The largest absolute Gasteiger partial charge is 0.322 e. The van der Waals surface area contributed by atoms with E-state index in [9.17, 15) is 19.3 Å². The number of carbonyl (C=O) groups excluding carboxylic acids is 1. The first-order valence-electron chi connectivity index (χ1n) is 6.46. The Morgan fingerprint density at radius 1 is 1.23 bits per heavy atom. The van der Waals surface area contributed by atoms with Crippen LogP contribution < -0.4 is 5.32 Å². The highest BCUT2D eigenvalue weighted by molar-refractivity contribution is 6.06. The lowest BCUT2D eigenvalue weighted by Gasteiger charge is -2.06. The lowest BCUT2D eigenvalue weighted by molar-refractivity contribution is -0.387. The van der Waals surface area contributed by atoms with Crippen molar-refractivity contribution >= 4 is 23.4 Å². The zero-order valence-electron chi connectivity index (χ0n) is 11.7.